The monoisotopic (exact) mass is 404 g/mol. The lowest BCUT2D eigenvalue weighted by Crippen LogP contribution is -2.22. The molecule has 1 N–H and O–H groups in total. The van der Waals surface area contributed by atoms with Gasteiger partial charge in [0.25, 0.3) is 5.91 Å². The number of hydrogen-bond acceptors (Lipinski definition) is 4. The molecule has 0 aliphatic heterocycles. The fourth-order valence-corrected chi connectivity index (χ4v) is 3.45. The van der Waals surface area contributed by atoms with Gasteiger partial charge in [-0.3, -0.25) is 4.79 Å². The van der Waals surface area contributed by atoms with Gasteiger partial charge in [-0.2, -0.15) is 0 Å². The largest absolute Gasteiger partial charge is 0.494 e. The summed E-state index contributed by atoms with van der Waals surface area (Å²) in [6.45, 7) is 2.86. The third-order valence-electron chi connectivity index (χ3n) is 4.27. The Morgan fingerprint density at radius 3 is 2.18 bits per heavy atom. The smallest absolute Gasteiger partial charge is 0.255 e. The molecule has 0 aliphatic carbocycles. The van der Waals surface area contributed by atoms with E-state index in [1.54, 1.807) is 12.1 Å². The number of sulfonamides is 1. The van der Waals surface area contributed by atoms with Crippen LogP contribution in [0.4, 0.5) is 5.69 Å². The average molecular weight is 405 g/mol. The van der Waals surface area contributed by atoms with Crippen molar-refractivity contribution in [3.05, 3.63) is 54.1 Å². The zero-order valence-electron chi connectivity index (χ0n) is 16.6. The maximum atomic E-state index is 12.4. The second-order valence-corrected chi connectivity index (χ2v) is 8.85. The third-order valence-corrected chi connectivity index (χ3v) is 6.10. The molecule has 6 nitrogen and oxygen atoms in total. The summed E-state index contributed by atoms with van der Waals surface area (Å²) in [5, 5.41) is 2.80. The molecule has 2 rings (SSSR count). The highest BCUT2D eigenvalue weighted by atomic mass is 32.2. The van der Waals surface area contributed by atoms with Gasteiger partial charge in [-0.05, 0) is 55.0 Å². The number of unbranched alkanes of at least 4 members (excludes halogenated alkanes) is 3. The predicted molar refractivity (Wildman–Crippen MR) is 111 cm³/mol. The fraction of sp³-hybridized carbons (Fsp3) is 0.381. The highest BCUT2D eigenvalue weighted by Crippen LogP contribution is 2.18. The van der Waals surface area contributed by atoms with E-state index in [0.29, 0.717) is 17.9 Å². The summed E-state index contributed by atoms with van der Waals surface area (Å²) in [6.07, 6.45) is 4.62. The Morgan fingerprint density at radius 2 is 1.61 bits per heavy atom. The van der Waals surface area contributed by atoms with Gasteiger partial charge in [0.05, 0.1) is 11.5 Å². The first-order valence-electron chi connectivity index (χ1n) is 9.41. The summed E-state index contributed by atoms with van der Waals surface area (Å²) in [5.74, 6) is 0.467. The molecule has 0 fully saturated rings. The molecule has 0 radical (unpaired) electrons. The maximum absolute atomic E-state index is 12.4. The summed E-state index contributed by atoms with van der Waals surface area (Å²) in [7, 11) is -0.575. The number of carbonyl (C=O) groups excluding carboxylic acids is 1. The predicted octanol–water partition coefficient (Wildman–Crippen LogP) is 4.15. The molecule has 1 amide bonds. The number of carbonyl (C=O) groups is 1. The Bertz CT molecular complexity index is 860. The number of ether oxygens (including phenoxy) is 1. The number of rotatable bonds is 10. The first kappa shape index (κ1) is 21.9. The van der Waals surface area contributed by atoms with E-state index in [9.17, 15) is 13.2 Å². The highest BCUT2D eigenvalue weighted by molar-refractivity contribution is 7.89. The van der Waals surface area contributed by atoms with Crippen molar-refractivity contribution >= 4 is 21.6 Å². The molecule has 28 heavy (non-hydrogen) atoms. The van der Waals surface area contributed by atoms with Crippen molar-refractivity contribution in [3.8, 4) is 5.75 Å². The molecule has 0 unspecified atom stereocenters. The van der Waals surface area contributed by atoms with Gasteiger partial charge >= 0.3 is 0 Å². The van der Waals surface area contributed by atoms with Gasteiger partial charge in [-0.25, -0.2) is 12.7 Å². The van der Waals surface area contributed by atoms with E-state index in [1.807, 2.05) is 12.1 Å². The van der Waals surface area contributed by atoms with Crippen LogP contribution in [-0.4, -0.2) is 39.3 Å². The quantitative estimate of drug-likeness (QED) is 0.604. The Hall–Kier alpha value is -2.38. The minimum atomic E-state index is -3.51. The minimum Gasteiger partial charge on any atom is -0.494 e. The SMILES string of the molecule is CCCCCCOc1ccc(NC(=O)c2ccc(S(=O)(=O)N(C)C)cc2)cc1. The molecule has 0 bridgehead atoms. The Labute approximate surface area is 167 Å². The van der Waals surface area contributed by atoms with Gasteiger partial charge in [0.2, 0.25) is 10.0 Å². The van der Waals surface area contributed by atoms with Gasteiger partial charge < -0.3 is 10.1 Å². The van der Waals surface area contributed by atoms with E-state index >= 15 is 0 Å². The van der Waals surface area contributed by atoms with E-state index in [2.05, 4.69) is 12.2 Å². The number of nitrogens with zero attached hydrogens (tertiary/aromatic N) is 1. The zero-order chi connectivity index (χ0) is 20.6. The minimum absolute atomic E-state index is 0.148. The van der Waals surface area contributed by atoms with Crippen LogP contribution in [0.3, 0.4) is 0 Å². The van der Waals surface area contributed by atoms with Crippen molar-refractivity contribution in [2.75, 3.05) is 26.0 Å². The Kier molecular flexibility index (Phi) is 8.02. The van der Waals surface area contributed by atoms with Crippen LogP contribution in [0.5, 0.6) is 5.75 Å². The second kappa shape index (κ2) is 10.2. The molecule has 0 saturated heterocycles. The van der Waals surface area contributed by atoms with Crippen LogP contribution < -0.4 is 10.1 Å². The lowest BCUT2D eigenvalue weighted by Gasteiger charge is -2.12. The zero-order valence-corrected chi connectivity index (χ0v) is 17.5. The van der Waals surface area contributed by atoms with Crippen LogP contribution in [0, 0.1) is 0 Å². The standard InChI is InChI=1S/C21H28N2O4S/c1-4-5-6-7-16-27-19-12-10-18(11-13-19)22-21(24)17-8-14-20(15-9-17)28(25,26)23(2)3/h8-15H,4-7,16H2,1-3H3,(H,22,24). The molecular formula is C21H28N2O4S. The van der Waals surface area contributed by atoms with Crippen LogP contribution in [0.15, 0.2) is 53.4 Å². The fourth-order valence-electron chi connectivity index (χ4n) is 2.55. The van der Waals surface area contributed by atoms with Crippen LogP contribution >= 0.6 is 0 Å². The molecule has 0 heterocycles. The highest BCUT2D eigenvalue weighted by Gasteiger charge is 2.17. The molecular weight excluding hydrogens is 376 g/mol. The van der Waals surface area contributed by atoms with Crippen molar-refractivity contribution in [2.45, 2.75) is 37.5 Å². The summed E-state index contributed by atoms with van der Waals surface area (Å²) < 4.78 is 31.0. The summed E-state index contributed by atoms with van der Waals surface area (Å²) in [5.41, 5.74) is 1.03. The Morgan fingerprint density at radius 1 is 0.964 bits per heavy atom. The summed E-state index contributed by atoms with van der Waals surface area (Å²) in [4.78, 5) is 12.5. The topological polar surface area (TPSA) is 75.7 Å². The number of anilines is 1. The van der Waals surface area contributed by atoms with Crippen LogP contribution in [0.1, 0.15) is 43.0 Å². The third kappa shape index (κ3) is 6.07. The van der Waals surface area contributed by atoms with Crippen molar-refractivity contribution in [3.63, 3.8) is 0 Å². The molecule has 0 aliphatic rings. The lowest BCUT2D eigenvalue weighted by molar-refractivity contribution is 0.102. The molecule has 0 saturated carbocycles. The molecule has 152 valence electrons. The van der Waals surface area contributed by atoms with Gasteiger partial charge in [0, 0.05) is 25.3 Å². The van der Waals surface area contributed by atoms with Crippen molar-refractivity contribution in [2.24, 2.45) is 0 Å². The van der Waals surface area contributed by atoms with Crippen molar-refractivity contribution in [1.29, 1.82) is 0 Å². The molecule has 0 aromatic heterocycles. The second-order valence-electron chi connectivity index (χ2n) is 6.70. The molecule has 2 aromatic carbocycles. The van der Waals surface area contributed by atoms with Gasteiger partial charge in [0.15, 0.2) is 0 Å². The first-order chi connectivity index (χ1) is 13.3. The van der Waals surface area contributed by atoms with E-state index in [4.69, 9.17) is 4.74 Å². The first-order valence-corrected chi connectivity index (χ1v) is 10.9. The number of nitrogens with one attached hydrogen (secondary N) is 1. The average Bonchev–Trinajstić information content (AvgIpc) is 2.69. The molecule has 0 atom stereocenters. The van der Waals surface area contributed by atoms with Crippen LogP contribution in [0.2, 0.25) is 0 Å². The number of benzene rings is 2. The van der Waals surface area contributed by atoms with E-state index in [-0.39, 0.29) is 10.8 Å². The molecule has 0 spiro atoms. The van der Waals surface area contributed by atoms with Gasteiger partial charge in [-0.1, -0.05) is 26.2 Å². The van der Waals surface area contributed by atoms with Crippen molar-refractivity contribution in [1.82, 2.24) is 4.31 Å². The summed E-state index contributed by atoms with van der Waals surface area (Å²) >= 11 is 0. The van der Waals surface area contributed by atoms with Crippen molar-refractivity contribution < 1.29 is 17.9 Å². The van der Waals surface area contributed by atoms with Gasteiger partial charge in [-0.15, -0.1) is 0 Å². The molecule has 7 heteroatoms. The maximum Gasteiger partial charge on any atom is 0.255 e. The van der Waals surface area contributed by atoms with Crippen LogP contribution in [-0.2, 0) is 10.0 Å². The number of amides is 1. The van der Waals surface area contributed by atoms with E-state index in [0.717, 1.165) is 16.5 Å². The molecule has 2 aromatic rings. The van der Waals surface area contributed by atoms with Crippen LogP contribution in [0.25, 0.3) is 0 Å². The van der Waals surface area contributed by atoms with Gasteiger partial charge in [0.1, 0.15) is 5.75 Å². The lowest BCUT2D eigenvalue weighted by atomic mass is 10.2. The normalized spacial score (nSPS) is 11.4. The van der Waals surface area contributed by atoms with E-state index in [1.165, 1.54) is 57.6 Å². The summed E-state index contributed by atoms with van der Waals surface area (Å²) in [6, 6.07) is 13.1. The Balaban J connectivity index is 1.92. The number of hydrogen-bond donors (Lipinski definition) is 1. The van der Waals surface area contributed by atoms with E-state index < -0.39 is 10.0 Å².